The maximum absolute atomic E-state index is 12.8. The maximum atomic E-state index is 12.8. The molecule has 0 aliphatic heterocycles. The summed E-state index contributed by atoms with van der Waals surface area (Å²) in [5, 5.41) is 0. The molecule has 19 heavy (non-hydrogen) atoms. The van der Waals surface area contributed by atoms with Crippen molar-refractivity contribution in [2.24, 2.45) is 17.1 Å². The smallest absolute Gasteiger partial charge is 0.240 e. The second kappa shape index (κ2) is 5.25. The number of nitrogens with zero attached hydrogens (tertiary/aromatic N) is 2. The van der Waals surface area contributed by atoms with Crippen LogP contribution in [-0.2, 0) is 4.79 Å². The highest BCUT2D eigenvalue weighted by Gasteiger charge is 2.52. The number of hydrogen-bond acceptors (Lipinski definition) is 3. The van der Waals surface area contributed by atoms with E-state index in [0.717, 1.165) is 18.5 Å². The lowest BCUT2D eigenvalue weighted by molar-refractivity contribution is -0.130. The number of carbonyl (C=O) groups is 1. The second-order valence-corrected chi connectivity index (χ2v) is 5.65. The lowest BCUT2D eigenvalue weighted by Crippen LogP contribution is -2.57. The zero-order valence-corrected chi connectivity index (χ0v) is 12.1. The summed E-state index contributed by atoms with van der Waals surface area (Å²) in [6, 6.07) is 3.66. The van der Waals surface area contributed by atoms with E-state index >= 15 is 0 Å². The van der Waals surface area contributed by atoms with Gasteiger partial charge in [0.2, 0.25) is 5.91 Å². The molecular formula is C14H19N3OS. The van der Waals surface area contributed by atoms with E-state index in [1.54, 1.807) is 17.3 Å². The first-order valence-electron chi connectivity index (χ1n) is 6.53. The number of hydrogen-bond donors (Lipinski definition) is 1. The zero-order chi connectivity index (χ0) is 14.0. The first-order chi connectivity index (χ1) is 9.01. The fourth-order valence-corrected chi connectivity index (χ4v) is 3.09. The number of thiocarbonyl (C=S) groups is 1. The molecule has 0 aromatic carbocycles. The number of aromatic nitrogens is 1. The van der Waals surface area contributed by atoms with E-state index in [-0.39, 0.29) is 5.91 Å². The highest BCUT2D eigenvalue weighted by Crippen LogP contribution is 2.47. The third-order valence-electron chi connectivity index (χ3n) is 3.81. The van der Waals surface area contributed by atoms with Crippen molar-refractivity contribution in [3.8, 4) is 0 Å². The summed E-state index contributed by atoms with van der Waals surface area (Å²) in [5.74, 6) is 0.522. The highest BCUT2D eigenvalue weighted by atomic mass is 32.1. The highest BCUT2D eigenvalue weighted by molar-refractivity contribution is 7.80. The van der Waals surface area contributed by atoms with Gasteiger partial charge in [-0.3, -0.25) is 9.78 Å². The van der Waals surface area contributed by atoms with E-state index in [9.17, 15) is 4.79 Å². The largest absolute Gasteiger partial charge is 0.392 e. The number of anilines is 1. The van der Waals surface area contributed by atoms with Crippen LogP contribution in [-0.4, -0.2) is 22.4 Å². The Morgan fingerprint density at radius 2 is 2.11 bits per heavy atom. The topological polar surface area (TPSA) is 59.2 Å². The molecule has 102 valence electrons. The van der Waals surface area contributed by atoms with Crippen molar-refractivity contribution in [3.63, 3.8) is 0 Å². The summed E-state index contributed by atoms with van der Waals surface area (Å²) in [6.45, 7) is 4.67. The molecule has 0 saturated heterocycles. The molecule has 1 saturated carbocycles. The Morgan fingerprint density at radius 1 is 1.53 bits per heavy atom. The van der Waals surface area contributed by atoms with Gasteiger partial charge in [0.05, 0.1) is 10.4 Å². The van der Waals surface area contributed by atoms with Gasteiger partial charge in [0.15, 0.2) is 0 Å². The molecule has 4 nitrogen and oxygen atoms in total. The Labute approximate surface area is 119 Å². The Hall–Kier alpha value is -1.49. The van der Waals surface area contributed by atoms with Crippen molar-refractivity contribution in [3.05, 3.63) is 24.5 Å². The van der Waals surface area contributed by atoms with Crippen LogP contribution in [0.5, 0.6) is 0 Å². The third kappa shape index (κ3) is 2.34. The van der Waals surface area contributed by atoms with Gasteiger partial charge in [0, 0.05) is 24.6 Å². The molecule has 1 heterocycles. The molecule has 2 N–H and O–H groups in total. The molecule has 5 heteroatoms. The van der Waals surface area contributed by atoms with E-state index < -0.39 is 5.41 Å². The normalized spacial score (nSPS) is 25.5. The van der Waals surface area contributed by atoms with Gasteiger partial charge >= 0.3 is 0 Å². The number of carbonyl (C=O) groups excluding carboxylic acids is 1. The quantitative estimate of drug-likeness (QED) is 0.857. The maximum Gasteiger partial charge on any atom is 0.240 e. The van der Waals surface area contributed by atoms with Crippen LogP contribution in [0.1, 0.15) is 26.7 Å². The fraction of sp³-hybridized carbons (Fsp3) is 0.500. The lowest BCUT2D eigenvalue weighted by Gasteiger charge is -2.46. The van der Waals surface area contributed by atoms with Crippen molar-refractivity contribution in [1.82, 2.24) is 4.98 Å². The molecule has 2 rings (SSSR count). The van der Waals surface area contributed by atoms with Gasteiger partial charge in [0.25, 0.3) is 0 Å². The lowest BCUT2D eigenvalue weighted by atomic mass is 9.61. The summed E-state index contributed by atoms with van der Waals surface area (Å²) < 4.78 is 0. The van der Waals surface area contributed by atoms with Crippen molar-refractivity contribution < 1.29 is 4.79 Å². The van der Waals surface area contributed by atoms with Gasteiger partial charge < -0.3 is 10.6 Å². The molecule has 0 unspecified atom stereocenters. The van der Waals surface area contributed by atoms with Crippen LogP contribution in [0.4, 0.5) is 5.69 Å². The van der Waals surface area contributed by atoms with Crippen molar-refractivity contribution >= 4 is 28.8 Å². The summed E-state index contributed by atoms with van der Waals surface area (Å²) in [5.41, 5.74) is 6.04. The minimum Gasteiger partial charge on any atom is -0.392 e. The minimum absolute atomic E-state index is 0.0202. The number of rotatable bonds is 4. The molecular weight excluding hydrogens is 258 g/mol. The first-order valence-corrected chi connectivity index (χ1v) is 6.94. The van der Waals surface area contributed by atoms with Crippen LogP contribution in [0.25, 0.3) is 0 Å². The van der Waals surface area contributed by atoms with Crippen molar-refractivity contribution in [1.29, 1.82) is 0 Å². The van der Waals surface area contributed by atoms with Crippen LogP contribution in [0.2, 0.25) is 0 Å². The first kappa shape index (κ1) is 13.9. The Bertz CT molecular complexity index is 483. The predicted octanol–water partition coefficient (Wildman–Crippen LogP) is 2.14. The molecule has 1 aliphatic carbocycles. The van der Waals surface area contributed by atoms with Crippen LogP contribution in [0, 0.1) is 11.3 Å². The Kier molecular flexibility index (Phi) is 3.85. The average Bonchev–Trinajstić information content (AvgIpc) is 2.36. The predicted molar refractivity (Wildman–Crippen MR) is 79.9 cm³/mol. The Morgan fingerprint density at radius 3 is 2.53 bits per heavy atom. The molecule has 1 aliphatic rings. The van der Waals surface area contributed by atoms with Gasteiger partial charge in [-0.05, 0) is 37.8 Å². The average molecular weight is 277 g/mol. The number of amides is 1. The monoisotopic (exact) mass is 277 g/mol. The summed E-state index contributed by atoms with van der Waals surface area (Å²) >= 11 is 5.15. The molecule has 0 spiro atoms. The molecule has 0 bridgehead atoms. The van der Waals surface area contributed by atoms with Crippen molar-refractivity contribution in [2.45, 2.75) is 26.7 Å². The van der Waals surface area contributed by atoms with E-state index in [1.807, 2.05) is 19.1 Å². The van der Waals surface area contributed by atoms with Gasteiger partial charge in [0.1, 0.15) is 0 Å². The number of pyridine rings is 1. The fourth-order valence-electron chi connectivity index (χ4n) is 2.84. The van der Waals surface area contributed by atoms with Crippen molar-refractivity contribution in [2.75, 3.05) is 11.4 Å². The molecule has 0 radical (unpaired) electrons. The van der Waals surface area contributed by atoms with Gasteiger partial charge in [-0.15, -0.1) is 0 Å². The van der Waals surface area contributed by atoms with Crippen LogP contribution >= 0.6 is 12.2 Å². The number of nitrogens with two attached hydrogens (primary N) is 1. The Balaban J connectivity index is 2.29. The van der Waals surface area contributed by atoms with E-state index in [2.05, 4.69) is 11.9 Å². The van der Waals surface area contributed by atoms with E-state index in [4.69, 9.17) is 18.0 Å². The third-order valence-corrected chi connectivity index (χ3v) is 4.20. The van der Waals surface area contributed by atoms with Gasteiger partial charge in [-0.1, -0.05) is 19.1 Å². The van der Waals surface area contributed by atoms with Crippen LogP contribution in [0.3, 0.4) is 0 Å². The molecule has 1 aromatic rings. The minimum atomic E-state index is -0.645. The summed E-state index contributed by atoms with van der Waals surface area (Å²) in [6.07, 6.45) is 4.87. The standard InChI is InChI=1S/C14H19N3OS/c1-3-17(11-4-6-16-7-5-11)13(18)14(12(15)19)8-10(2)9-14/h4-7,10H,3,8-9H2,1-2H3,(H2,15,19). The van der Waals surface area contributed by atoms with E-state index in [1.165, 1.54) is 0 Å². The SMILES string of the molecule is CCN(C(=O)C1(C(N)=S)CC(C)C1)c1ccncc1. The second-order valence-electron chi connectivity index (χ2n) is 5.21. The zero-order valence-electron chi connectivity index (χ0n) is 11.3. The molecule has 1 aromatic heterocycles. The van der Waals surface area contributed by atoms with Crippen LogP contribution in [0.15, 0.2) is 24.5 Å². The molecule has 1 fully saturated rings. The van der Waals surface area contributed by atoms with E-state index in [0.29, 0.717) is 17.5 Å². The van der Waals surface area contributed by atoms with Gasteiger partial charge in [-0.25, -0.2) is 0 Å². The molecule has 1 amide bonds. The summed E-state index contributed by atoms with van der Waals surface area (Å²) in [7, 11) is 0. The van der Waals surface area contributed by atoms with Crippen LogP contribution < -0.4 is 10.6 Å². The molecule has 0 atom stereocenters. The summed E-state index contributed by atoms with van der Waals surface area (Å²) in [4.78, 5) is 18.8. The van der Waals surface area contributed by atoms with Gasteiger partial charge in [-0.2, -0.15) is 0 Å².